The Balaban J connectivity index is 1.24. The summed E-state index contributed by atoms with van der Waals surface area (Å²) in [6.45, 7) is 1.51. The number of aliphatic hydroxyl groups is 1. The van der Waals surface area contributed by atoms with Crippen molar-refractivity contribution in [2.45, 2.75) is 106 Å². The van der Waals surface area contributed by atoms with Crippen LogP contribution in [0.15, 0.2) is 122 Å². The Hall–Kier alpha value is -7.54. The number of benzene rings is 4. The molecular formula is C57H67ClN12O9S2. The van der Waals surface area contributed by atoms with E-state index in [0.717, 1.165) is 43.3 Å². The Labute approximate surface area is 481 Å². The van der Waals surface area contributed by atoms with Crippen LogP contribution >= 0.6 is 33.2 Å². The standard InChI is InChI=1S/C57H67ClN12O9S2/c1-32(71)49-57(79)69-48(55(77)65-44(50(61)72)26-34-16-19-35-10-2-3-11-36(35)24-34)31-81-80-30-47(68-51(73)41(60)25-33-17-20-38(58)21-18-33)56(78)67-46(28-39-12-7-9-23-62-39)54(76)66-45(27-37-29-63-42-14-5-4-13-40(37)42)53(75)64-43(52(74)70-49)15-6-8-22-59/h2-5,7,9-14,16-21,23-24,29,32,41,43-49,63,71H,6,8,15,22,25-28,30-31,59-60H2,1H3,(H2,61,72)(H,64,75)(H,65,77)(H,66,76)(H,67,78)(H,68,73)(H,69,79)(H,70,74)/t32-,41+,43+,44+,45-,46+,47-,48+,49+/m1/s1. The van der Waals surface area contributed by atoms with E-state index in [-0.39, 0.29) is 50.2 Å². The van der Waals surface area contributed by atoms with E-state index in [1.54, 1.807) is 54.7 Å². The van der Waals surface area contributed by atoms with E-state index in [9.17, 15) is 43.5 Å². The number of nitrogens with one attached hydrogen (secondary N) is 8. The van der Waals surface area contributed by atoms with Crippen LogP contribution in [0.5, 0.6) is 0 Å². The van der Waals surface area contributed by atoms with Crippen molar-refractivity contribution in [2.75, 3.05) is 18.1 Å². The Morgan fingerprint density at radius 3 is 2.10 bits per heavy atom. The lowest BCUT2D eigenvalue weighted by molar-refractivity contribution is -0.136. The lowest BCUT2D eigenvalue weighted by Gasteiger charge is -2.29. The number of H-pyrrole nitrogens is 1. The molecule has 3 heterocycles. The molecule has 24 heteroatoms. The number of nitrogens with zero attached hydrogens (tertiary/aromatic N) is 1. The maximum Gasteiger partial charge on any atom is 0.245 e. The van der Waals surface area contributed by atoms with Crippen molar-refractivity contribution < 1.29 is 43.5 Å². The lowest BCUT2D eigenvalue weighted by atomic mass is 10.0. The smallest absolute Gasteiger partial charge is 0.245 e. The molecule has 8 amide bonds. The Morgan fingerprint density at radius 1 is 0.728 bits per heavy atom. The van der Waals surface area contributed by atoms with Gasteiger partial charge in [0.2, 0.25) is 47.3 Å². The molecule has 0 radical (unpaired) electrons. The number of hydrogen-bond acceptors (Lipinski definition) is 14. The number of carbonyl (C=O) groups is 8. The van der Waals surface area contributed by atoms with Crippen molar-refractivity contribution in [2.24, 2.45) is 17.2 Å². The van der Waals surface area contributed by atoms with Gasteiger partial charge in [-0.15, -0.1) is 0 Å². The molecule has 1 fully saturated rings. The van der Waals surface area contributed by atoms with E-state index < -0.39 is 102 Å². The van der Waals surface area contributed by atoms with Crippen molar-refractivity contribution in [3.05, 3.63) is 149 Å². The third kappa shape index (κ3) is 17.7. The van der Waals surface area contributed by atoms with Crippen LogP contribution in [-0.4, -0.2) is 135 Å². The number of nitrogens with two attached hydrogens (primary N) is 3. The van der Waals surface area contributed by atoms with Crippen LogP contribution in [0, 0.1) is 0 Å². The van der Waals surface area contributed by atoms with Crippen molar-refractivity contribution in [1.82, 2.24) is 47.2 Å². The minimum Gasteiger partial charge on any atom is -0.391 e. The highest BCUT2D eigenvalue weighted by atomic mass is 35.5. The number of primary amides is 1. The first-order valence-electron chi connectivity index (χ1n) is 26.4. The van der Waals surface area contributed by atoms with Crippen LogP contribution < -0.4 is 54.4 Å². The van der Waals surface area contributed by atoms with Gasteiger partial charge in [0.25, 0.3) is 0 Å². The van der Waals surface area contributed by atoms with Crippen LogP contribution in [0.1, 0.15) is 48.6 Å². The van der Waals surface area contributed by atoms with Crippen molar-refractivity contribution in [3.8, 4) is 0 Å². The maximum atomic E-state index is 14.8. The normalized spacial score (nSPS) is 21.0. The number of amides is 8. The summed E-state index contributed by atoms with van der Waals surface area (Å²) < 4.78 is 0. The third-order valence-corrected chi connectivity index (χ3v) is 16.3. The molecule has 81 heavy (non-hydrogen) atoms. The predicted molar refractivity (Wildman–Crippen MR) is 313 cm³/mol. The highest BCUT2D eigenvalue weighted by Crippen LogP contribution is 2.25. The molecule has 15 N–H and O–H groups in total. The van der Waals surface area contributed by atoms with Crippen molar-refractivity contribution in [3.63, 3.8) is 0 Å². The van der Waals surface area contributed by atoms with Crippen LogP contribution in [0.25, 0.3) is 21.7 Å². The van der Waals surface area contributed by atoms with Gasteiger partial charge in [-0.1, -0.05) is 112 Å². The lowest BCUT2D eigenvalue weighted by Crippen LogP contribution is -2.62. The SMILES string of the molecule is C[C@@H](O)[C@@H]1NC(=O)[C@H](CCCCN)NC(=O)[C@@H](Cc2c[nH]c3ccccc23)NC(=O)[C@H](Cc2ccccn2)NC(=O)[C@H](NC(=O)[C@@H](N)Cc2ccc(Cl)cc2)CSSC[C@@H](C(=O)N[C@@H](Cc2ccc3ccccc3c2)C(N)=O)NC1=O. The van der Waals surface area contributed by atoms with E-state index >= 15 is 0 Å². The second-order valence-electron chi connectivity index (χ2n) is 19.8. The number of unbranched alkanes of at least 4 members (excludes halogenated alkanes) is 1. The van der Waals surface area contributed by atoms with Gasteiger partial charge in [0.1, 0.15) is 42.3 Å². The summed E-state index contributed by atoms with van der Waals surface area (Å²) in [5, 5.41) is 33.1. The van der Waals surface area contributed by atoms with Gasteiger partial charge in [-0.05, 0) is 96.9 Å². The number of para-hydroxylation sites is 1. The van der Waals surface area contributed by atoms with Gasteiger partial charge in [-0.2, -0.15) is 0 Å². The summed E-state index contributed by atoms with van der Waals surface area (Å²) in [5.41, 5.74) is 21.3. The molecule has 0 saturated carbocycles. The van der Waals surface area contributed by atoms with E-state index in [1.807, 2.05) is 60.7 Å². The number of rotatable bonds is 18. The van der Waals surface area contributed by atoms with Gasteiger partial charge in [0, 0.05) is 64.8 Å². The molecule has 0 bridgehead atoms. The van der Waals surface area contributed by atoms with Gasteiger partial charge < -0.3 is 64.5 Å². The van der Waals surface area contributed by atoms with E-state index in [4.69, 9.17) is 28.8 Å². The quantitative estimate of drug-likeness (QED) is 0.0431. The van der Waals surface area contributed by atoms with E-state index in [0.29, 0.717) is 40.2 Å². The van der Waals surface area contributed by atoms with E-state index in [1.165, 1.54) is 13.1 Å². The molecule has 9 atom stereocenters. The first-order valence-corrected chi connectivity index (χ1v) is 29.3. The van der Waals surface area contributed by atoms with Crippen molar-refractivity contribution >= 4 is 102 Å². The number of hydrogen-bond donors (Lipinski definition) is 12. The first-order chi connectivity index (χ1) is 39.0. The van der Waals surface area contributed by atoms with Gasteiger partial charge >= 0.3 is 0 Å². The molecule has 0 unspecified atom stereocenters. The molecule has 1 aliphatic heterocycles. The zero-order valence-corrected chi connectivity index (χ0v) is 46.8. The predicted octanol–water partition coefficient (Wildman–Crippen LogP) is 1.75. The minimum atomic E-state index is -1.70. The molecule has 428 valence electrons. The highest BCUT2D eigenvalue weighted by Gasteiger charge is 2.37. The van der Waals surface area contributed by atoms with Gasteiger partial charge in [0.05, 0.1) is 12.1 Å². The second kappa shape index (κ2) is 29.8. The molecule has 0 spiro atoms. The number of carbonyl (C=O) groups excluding carboxylic acids is 8. The van der Waals surface area contributed by atoms with Crippen molar-refractivity contribution in [1.29, 1.82) is 0 Å². The molecular weight excluding hydrogens is 1100 g/mol. The van der Waals surface area contributed by atoms with Crippen LogP contribution in [0.4, 0.5) is 0 Å². The Bertz CT molecular complexity index is 3170. The summed E-state index contributed by atoms with van der Waals surface area (Å²) in [6.07, 6.45) is 2.19. The fourth-order valence-electron chi connectivity index (χ4n) is 9.11. The molecule has 6 aromatic rings. The number of aromatic nitrogens is 2. The molecule has 4 aromatic carbocycles. The summed E-state index contributed by atoms with van der Waals surface area (Å²) in [7, 11) is 2.02. The first kappa shape index (κ1) is 61.1. The highest BCUT2D eigenvalue weighted by molar-refractivity contribution is 8.76. The monoisotopic (exact) mass is 1160 g/mol. The van der Waals surface area contributed by atoms with Gasteiger partial charge in [0.15, 0.2) is 0 Å². The fourth-order valence-corrected chi connectivity index (χ4v) is 11.6. The number of aromatic amines is 1. The van der Waals surface area contributed by atoms with Crippen LogP contribution in [0.3, 0.4) is 0 Å². The average Bonchev–Trinajstić information content (AvgIpc) is 3.91. The van der Waals surface area contributed by atoms with E-state index in [2.05, 4.69) is 47.2 Å². The zero-order valence-electron chi connectivity index (χ0n) is 44.4. The number of pyridine rings is 1. The number of halogens is 1. The molecule has 21 nitrogen and oxygen atoms in total. The number of aliphatic hydroxyl groups excluding tert-OH is 1. The van der Waals surface area contributed by atoms with Crippen LogP contribution in [0.2, 0.25) is 5.02 Å². The molecule has 1 saturated heterocycles. The van der Waals surface area contributed by atoms with Crippen LogP contribution in [-0.2, 0) is 64.0 Å². The molecule has 7 rings (SSSR count). The third-order valence-electron chi connectivity index (χ3n) is 13.6. The second-order valence-corrected chi connectivity index (χ2v) is 22.8. The summed E-state index contributed by atoms with van der Waals surface area (Å²) in [4.78, 5) is 122. The number of fused-ring (bicyclic) bond motifs is 2. The molecule has 2 aromatic heterocycles. The van der Waals surface area contributed by atoms with Gasteiger partial charge in [-0.25, -0.2) is 0 Å². The Morgan fingerprint density at radius 2 is 1.38 bits per heavy atom. The van der Waals surface area contributed by atoms with Gasteiger partial charge in [-0.3, -0.25) is 43.3 Å². The molecule has 1 aliphatic rings. The summed E-state index contributed by atoms with van der Waals surface area (Å²) in [6, 6.07) is 21.0. The topological polar surface area (TPSA) is 348 Å². The summed E-state index contributed by atoms with van der Waals surface area (Å²) >= 11 is 6.10. The Kier molecular flexibility index (Phi) is 22.5. The minimum absolute atomic E-state index is 0.0100. The fraction of sp³-hybridized carbons (Fsp3) is 0.351. The summed E-state index contributed by atoms with van der Waals surface area (Å²) in [5.74, 6) is -7.21. The zero-order chi connectivity index (χ0) is 58.0. The maximum absolute atomic E-state index is 14.8. The molecule has 0 aliphatic carbocycles. The largest absolute Gasteiger partial charge is 0.391 e. The average molecular weight is 1160 g/mol.